The number of hydrogen-bond acceptors (Lipinski definition) is 14. The maximum atomic E-state index is 14.2. The van der Waals surface area contributed by atoms with Crippen LogP contribution in [-0.4, -0.2) is 129 Å². The summed E-state index contributed by atoms with van der Waals surface area (Å²) in [4.78, 5) is 68.0. The van der Waals surface area contributed by atoms with Crippen LogP contribution in [0.3, 0.4) is 0 Å². The number of hydrogen-bond donors (Lipinski definition) is 6. The molecule has 8 atom stereocenters. The SMILES string of the molecule is CC(C)(C)OC(=O)N[C@@H](Cc1ccc(OC(=O)OC(C)(C)C)cc1)C(=O)N1CCC[C@H]1C(=O)N[C@@H](Cc1ccccc1)C(=O)OC[C@H]1O[C@H](O)[C@H](O)[C@@H](O)[C@@H]1O. The lowest BCUT2D eigenvalue weighted by atomic mass is 9.99. The van der Waals surface area contributed by atoms with E-state index in [2.05, 4.69) is 10.6 Å². The Balaban J connectivity index is 1.50. The summed E-state index contributed by atoms with van der Waals surface area (Å²) in [6.07, 6.45) is -9.53. The largest absolute Gasteiger partial charge is 0.514 e. The highest BCUT2D eigenvalue weighted by Gasteiger charge is 2.44. The van der Waals surface area contributed by atoms with Crippen molar-refractivity contribution in [3.05, 3.63) is 65.7 Å². The highest BCUT2D eigenvalue weighted by Crippen LogP contribution is 2.23. The Labute approximate surface area is 325 Å². The number of nitrogens with zero attached hydrogens (tertiary/aromatic N) is 1. The quantitative estimate of drug-likeness (QED) is 0.102. The van der Waals surface area contributed by atoms with E-state index in [9.17, 15) is 44.4 Å². The van der Waals surface area contributed by atoms with Crippen molar-refractivity contribution in [3.8, 4) is 5.75 Å². The number of likely N-dealkylation sites (tertiary alicyclic amines) is 1. The lowest BCUT2D eigenvalue weighted by Crippen LogP contribution is -2.59. The molecule has 2 fully saturated rings. The van der Waals surface area contributed by atoms with Crippen LogP contribution >= 0.6 is 0 Å². The minimum Gasteiger partial charge on any atom is -0.461 e. The molecule has 0 spiro atoms. The van der Waals surface area contributed by atoms with E-state index in [1.165, 1.54) is 17.0 Å². The monoisotopic (exact) mass is 787 g/mol. The smallest absolute Gasteiger partial charge is 0.461 e. The number of alkyl carbamates (subject to hydrolysis) is 1. The molecule has 17 nitrogen and oxygen atoms in total. The summed E-state index contributed by atoms with van der Waals surface area (Å²) in [6.45, 7) is 9.67. The highest BCUT2D eigenvalue weighted by molar-refractivity contribution is 5.93. The molecule has 0 aromatic heterocycles. The standard InChI is InChI=1S/C39H53N3O14/c1-38(2,3)55-36(50)41-25(19-23-14-16-24(17-15-23)53-37(51)56-39(4,5)6)33(47)42-18-10-13-27(42)32(46)40-26(20-22-11-8-7-9-12-22)34(48)52-21-28-29(43)30(44)31(45)35(49)54-28/h7-9,11-12,14-17,25-31,35,43-45,49H,10,13,18-21H2,1-6H3,(H,40,46)(H,41,50)/t25-,26-,27-,28+,29+,30-,31+,35-/m0/s1. The minimum absolute atomic E-state index is 0.0133. The minimum atomic E-state index is -1.84. The molecular weight excluding hydrogens is 734 g/mol. The maximum absolute atomic E-state index is 14.2. The molecule has 4 rings (SSSR count). The number of ether oxygens (including phenoxy) is 5. The van der Waals surface area contributed by atoms with Crippen LogP contribution in [0, 0.1) is 0 Å². The van der Waals surface area contributed by atoms with Gasteiger partial charge >= 0.3 is 18.2 Å². The van der Waals surface area contributed by atoms with Gasteiger partial charge in [-0.3, -0.25) is 9.59 Å². The van der Waals surface area contributed by atoms with Crippen LogP contribution in [0.15, 0.2) is 54.6 Å². The van der Waals surface area contributed by atoms with E-state index in [-0.39, 0.29) is 31.6 Å². The van der Waals surface area contributed by atoms with Crippen LogP contribution in [0.25, 0.3) is 0 Å². The summed E-state index contributed by atoms with van der Waals surface area (Å²) < 4.78 is 26.3. The zero-order chi connectivity index (χ0) is 41.4. The number of esters is 1. The Morgan fingerprint density at radius 2 is 1.39 bits per heavy atom. The summed E-state index contributed by atoms with van der Waals surface area (Å²) in [7, 11) is 0. The van der Waals surface area contributed by atoms with Gasteiger partial charge in [-0.2, -0.15) is 0 Å². The van der Waals surface area contributed by atoms with Gasteiger partial charge in [0.05, 0.1) is 0 Å². The van der Waals surface area contributed by atoms with Crippen LogP contribution < -0.4 is 15.4 Å². The molecule has 2 saturated heterocycles. The maximum Gasteiger partial charge on any atom is 0.514 e. The molecule has 6 N–H and O–H groups in total. The van der Waals surface area contributed by atoms with Crippen LogP contribution in [0.1, 0.15) is 65.5 Å². The second-order valence-corrected chi connectivity index (χ2v) is 15.7. The third kappa shape index (κ3) is 12.9. The Morgan fingerprint density at radius 3 is 2.02 bits per heavy atom. The van der Waals surface area contributed by atoms with Crippen LogP contribution in [-0.2, 0) is 46.2 Å². The molecule has 0 radical (unpaired) electrons. The Hall–Kier alpha value is -4.81. The van der Waals surface area contributed by atoms with Gasteiger partial charge in [-0.05, 0) is 77.6 Å². The number of aliphatic hydroxyl groups excluding tert-OH is 4. The van der Waals surface area contributed by atoms with Crippen LogP contribution in [0.2, 0.25) is 0 Å². The number of benzene rings is 2. The first kappa shape index (κ1) is 43.9. The molecule has 308 valence electrons. The number of nitrogens with one attached hydrogen (secondary N) is 2. The van der Waals surface area contributed by atoms with Crippen molar-refractivity contribution in [1.29, 1.82) is 0 Å². The van der Waals surface area contributed by atoms with E-state index in [0.717, 1.165) is 0 Å². The van der Waals surface area contributed by atoms with Crippen LogP contribution in [0.4, 0.5) is 9.59 Å². The van der Waals surface area contributed by atoms with Crippen molar-refractivity contribution in [2.75, 3.05) is 13.2 Å². The normalized spacial score (nSPS) is 23.6. The summed E-state index contributed by atoms with van der Waals surface area (Å²) in [6, 6.07) is 11.5. The van der Waals surface area contributed by atoms with E-state index >= 15 is 0 Å². The fraction of sp³-hybridized carbons (Fsp3) is 0.564. The average molecular weight is 788 g/mol. The predicted octanol–water partition coefficient (Wildman–Crippen LogP) is 1.50. The number of rotatable bonds is 12. The van der Waals surface area contributed by atoms with Crippen LogP contribution in [0.5, 0.6) is 5.75 Å². The third-order valence-electron chi connectivity index (χ3n) is 8.74. The fourth-order valence-corrected chi connectivity index (χ4v) is 6.09. The molecule has 0 saturated carbocycles. The number of carbonyl (C=O) groups excluding carboxylic acids is 5. The van der Waals surface area contributed by atoms with Gasteiger partial charge in [-0.15, -0.1) is 0 Å². The van der Waals surface area contributed by atoms with E-state index in [4.69, 9.17) is 23.7 Å². The predicted molar refractivity (Wildman–Crippen MR) is 197 cm³/mol. The van der Waals surface area contributed by atoms with Gasteiger partial charge < -0.3 is 59.6 Å². The molecule has 2 aromatic carbocycles. The van der Waals surface area contributed by atoms with Gasteiger partial charge in [-0.1, -0.05) is 42.5 Å². The Bertz CT molecular complexity index is 1660. The zero-order valence-electron chi connectivity index (χ0n) is 32.4. The molecule has 0 unspecified atom stereocenters. The average Bonchev–Trinajstić information content (AvgIpc) is 3.61. The second-order valence-electron chi connectivity index (χ2n) is 15.7. The van der Waals surface area contributed by atoms with Gasteiger partial charge in [0.15, 0.2) is 6.29 Å². The number of carbonyl (C=O) groups is 5. The van der Waals surface area contributed by atoms with E-state index in [1.807, 2.05) is 0 Å². The summed E-state index contributed by atoms with van der Waals surface area (Å²) in [5, 5.41) is 45.3. The van der Waals surface area contributed by atoms with Gasteiger partial charge in [0, 0.05) is 19.4 Å². The summed E-state index contributed by atoms with van der Waals surface area (Å²) in [5.41, 5.74) is -0.380. The first-order valence-electron chi connectivity index (χ1n) is 18.4. The van der Waals surface area contributed by atoms with Crippen molar-refractivity contribution in [3.63, 3.8) is 0 Å². The molecule has 0 bridgehead atoms. The first-order valence-corrected chi connectivity index (χ1v) is 18.4. The zero-order valence-corrected chi connectivity index (χ0v) is 32.4. The van der Waals surface area contributed by atoms with E-state index in [0.29, 0.717) is 17.5 Å². The Morgan fingerprint density at radius 1 is 0.786 bits per heavy atom. The molecule has 2 heterocycles. The van der Waals surface area contributed by atoms with Gasteiger partial charge in [0.1, 0.15) is 66.1 Å². The summed E-state index contributed by atoms with van der Waals surface area (Å²) in [5.74, 6) is -1.96. The molecule has 2 aliphatic rings. The molecule has 3 amide bonds. The van der Waals surface area contributed by atoms with Crippen molar-refractivity contribution in [1.82, 2.24) is 15.5 Å². The number of amides is 3. The molecule has 17 heteroatoms. The first-order chi connectivity index (χ1) is 26.2. The van der Waals surface area contributed by atoms with Crippen molar-refractivity contribution < 1.29 is 68.1 Å². The highest BCUT2D eigenvalue weighted by atomic mass is 16.7. The van der Waals surface area contributed by atoms with Crippen molar-refractivity contribution >= 4 is 30.0 Å². The topological polar surface area (TPSA) is 240 Å². The van der Waals surface area contributed by atoms with Gasteiger partial charge in [0.25, 0.3) is 0 Å². The third-order valence-corrected chi connectivity index (χ3v) is 8.74. The second kappa shape index (κ2) is 18.9. The van der Waals surface area contributed by atoms with Gasteiger partial charge in [-0.25, -0.2) is 14.4 Å². The fourth-order valence-electron chi connectivity index (χ4n) is 6.09. The lowest BCUT2D eigenvalue weighted by molar-refractivity contribution is -0.287. The molecule has 2 aromatic rings. The summed E-state index contributed by atoms with van der Waals surface area (Å²) >= 11 is 0. The van der Waals surface area contributed by atoms with E-state index < -0.39 is 96.7 Å². The molecular formula is C39H53N3O14. The molecule has 56 heavy (non-hydrogen) atoms. The molecule has 2 aliphatic heterocycles. The van der Waals surface area contributed by atoms with E-state index in [1.54, 1.807) is 84.0 Å². The van der Waals surface area contributed by atoms with Gasteiger partial charge in [0.2, 0.25) is 11.8 Å². The molecule has 0 aliphatic carbocycles. The number of aliphatic hydroxyl groups is 4. The van der Waals surface area contributed by atoms with Crippen molar-refractivity contribution in [2.24, 2.45) is 0 Å². The Kier molecular flexibility index (Phi) is 14.8. The van der Waals surface area contributed by atoms with Crippen molar-refractivity contribution in [2.45, 2.75) is 127 Å². The lowest BCUT2D eigenvalue weighted by Gasteiger charge is -2.38.